The van der Waals surface area contributed by atoms with Gasteiger partial charge in [-0.1, -0.05) is 19.2 Å². The van der Waals surface area contributed by atoms with E-state index in [-0.39, 0.29) is 11.9 Å². The number of likely N-dealkylation sites (tertiary alicyclic amines) is 1. The zero-order chi connectivity index (χ0) is 11.4. The van der Waals surface area contributed by atoms with Crippen molar-refractivity contribution in [3.63, 3.8) is 0 Å². The maximum Gasteiger partial charge on any atom is 0.328 e. The molecule has 4 nitrogen and oxygen atoms in total. The van der Waals surface area contributed by atoms with Gasteiger partial charge in [0.05, 0.1) is 7.11 Å². The van der Waals surface area contributed by atoms with Crippen molar-refractivity contribution < 1.29 is 14.3 Å². The lowest BCUT2D eigenvalue weighted by molar-refractivity contribution is -0.149. The Morgan fingerprint density at radius 2 is 2.20 bits per heavy atom. The van der Waals surface area contributed by atoms with Crippen molar-refractivity contribution in [3.05, 3.63) is 24.8 Å². The largest absolute Gasteiger partial charge is 0.467 e. The van der Waals surface area contributed by atoms with Gasteiger partial charge in [-0.05, 0) is 12.8 Å². The van der Waals surface area contributed by atoms with E-state index >= 15 is 0 Å². The predicted octanol–water partition coefficient (Wildman–Crippen LogP) is 0.893. The molecule has 82 valence electrons. The van der Waals surface area contributed by atoms with Gasteiger partial charge in [-0.2, -0.15) is 0 Å². The van der Waals surface area contributed by atoms with Gasteiger partial charge in [0.15, 0.2) is 0 Å². The Bertz CT molecular complexity index is 309. The van der Waals surface area contributed by atoms with E-state index in [2.05, 4.69) is 17.9 Å². The summed E-state index contributed by atoms with van der Waals surface area (Å²) in [6, 6.07) is -0.459. The predicted molar refractivity (Wildman–Crippen MR) is 56.1 cm³/mol. The van der Waals surface area contributed by atoms with Crippen LogP contribution in [0, 0.1) is 0 Å². The molecule has 1 atom stereocenters. The Labute approximate surface area is 89.2 Å². The smallest absolute Gasteiger partial charge is 0.328 e. The number of nitrogens with zero attached hydrogens (tertiary/aromatic N) is 1. The first-order valence-electron chi connectivity index (χ1n) is 4.82. The second-order valence-electron chi connectivity index (χ2n) is 3.41. The van der Waals surface area contributed by atoms with Crippen LogP contribution >= 0.6 is 0 Å². The highest BCUT2D eigenvalue weighted by Gasteiger charge is 2.34. The van der Waals surface area contributed by atoms with Crippen molar-refractivity contribution in [2.75, 3.05) is 13.7 Å². The zero-order valence-electron chi connectivity index (χ0n) is 8.86. The van der Waals surface area contributed by atoms with Crippen molar-refractivity contribution >= 4 is 11.9 Å². The van der Waals surface area contributed by atoms with Crippen LogP contribution in [0.5, 0.6) is 0 Å². The van der Waals surface area contributed by atoms with Gasteiger partial charge in [0.25, 0.3) is 5.91 Å². The highest BCUT2D eigenvalue weighted by Crippen LogP contribution is 2.20. The Balaban J connectivity index is 2.76. The zero-order valence-corrected chi connectivity index (χ0v) is 8.86. The molecule has 1 aliphatic heterocycles. The minimum atomic E-state index is -0.459. The van der Waals surface area contributed by atoms with Gasteiger partial charge in [-0.25, -0.2) is 4.79 Å². The average molecular weight is 209 g/mol. The third-order valence-electron chi connectivity index (χ3n) is 2.51. The number of amides is 1. The molecule has 0 aromatic rings. The SMILES string of the molecule is C=CC(=C)C(=O)N1CCCC1C(=O)OC. The molecular weight excluding hydrogens is 194 g/mol. The summed E-state index contributed by atoms with van der Waals surface area (Å²) in [6.45, 7) is 7.63. The number of carbonyl (C=O) groups excluding carboxylic acids is 2. The van der Waals surface area contributed by atoms with Crippen LogP contribution in [0.2, 0.25) is 0 Å². The second-order valence-corrected chi connectivity index (χ2v) is 3.41. The highest BCUT2D eigenvalue weighted by atomic mass is 16.5. The molecule has 1 fully saturated rings. The summed E-state index contributed by atoms with van der Waals surface area (Å²) >= 11 is 0. The quantitative estimate of drug-likeness (QED) is 0.394. The Hall–Kier alpha value is -1.58. The molecule has 4 heteroatoms. The number of carbonyl (C=O) groups is 2. The lowest BCUT2D eigenvalue weighted by atomic mass is 10.2. The van der Waals surface area contributed by atoms with E-state index < -0.39 is 6.04 Å². The molecule has 15 heavy (non-hydrogen) atoms. The minimum absolute atomic E-state index is 0.238. The molecule has 0 spiro atoms. The normalized spacial score (nSPS) is 19.8. The first-order chi connectivity index (χ1) is 7.11. The maximum absolute atomic E-state index is 11.8. The molecule has 0 radical (unpaired) electrons. The monoisotopic (exact) mass is 209 g/mol. The van der Waals surface area contributed by atoms with Crippen LogP contribution in [0.15, 0.2) is 24.8 Å². The summed E-state index contributed by atoms with van der Waals surface area (Å²) in [7, 11) is 1.33. The van der Waals surface area contributed by atoms with E-state index in [4.69, 9.17) is 0 Å². The van der Waals surface area contributed by atoms with Crippen molar-refractivity contribution in [3.8, 4) is 0 Å². The van der Waals surface area contributed by atoms with Crippen molar-refractivity contribution in [1.29, 1.82) is 0 Å². The highest BCUT2D eigenvalue weighted by molar-refractivity contribution is 5.98. The summed E-state index contributed by atoms with van der Waals surface area (Å²) in [6.07, 6.45) is 2.87. The molecular formula is C11H15NO3. The van der Waals surface area contributed by atoms with Gasteiger partial charge in [0.2, 0.25) is 0 Å². The molecule has 1 aliphatic rings. The van der Waals surface area contributed by atoms with E-state index in [0.29, 0.717) is 18.5 Å². The van der Waals surface area contributed by atoms with Crippen LogP contribution in [-0.2, 0) is 14.3 Å². The minimum Gasteiger partial charge on any atom is -0.467 e. The van der Waals surface area contributed by atoms with Crippen LogP contribution in [-0.4, -0.2) is 36.5 Å². The number of rotatable bonds is 3. The van der Waals surface area contributed by atoms with Gasteiger partial charge in [0.1, 0.15) is 6.04 Å². The summed E-state index contributed by atoms with van der Waals surface area (Å²) in [5, 5.41) is 0. The molecule has 0 aromatic carbocycles. The molecule has 0 saturated carbocycles. The Morgan fingerprint density at radius 3 is 2.73 bits per heavy atom. The summed E-state index contributed by atoms with van der Waals surface area (Å²) in [4.78, 5) is 24.6. The molecule has 1 heterocycles. The van der Waals surface area contributed by atoms with Gasteiger partial charge < -0.3 is 9.64 Å². The second kappa shape index (κ2) is 4.77. The molecule has 0 N–H and O–H groups in total. The number of ether oxygens (including phenoxy) is 1. The Kier molecular flexibility index (Phi) is 3.66. The molecule has 0 bridgehead atoms. The molecule has 1 rings (SSSR count). The topological polar surface area (TPSA) is 46.6 Å². The third kappa shape index (κ3) is 2.26. The van der Waals surface area contributed by atoms with Crippen molar-refractivity contribution in [1.82, 2.24) is 4.90 Å². The fourth-order valence-electron chi connectivity index (χ4n) is 1.66. The first-order valence-corrected chi connectivity index (χ1v) is 4.82. The lowest BCUT2D eigenvalue weighted by Crippen LogP contribution is -2.41. The van der Waals surface area contributed by atoms with Crippen LogP contribution in [0.1, 0.15) is 12.8 Å². The van der Waals surface area contributed by atoms with Gasteiger partial charge in [-0.15, -0.1) is 0 Å². The lowest BCUT2D eigenvalue weighted by Gasteiger charge is -2.22. The van der Waals surface area contributed by atoms with E-state index in [1.165, 1.54) is 18.1 Å². The van der Waals surface area contributed by atoms with Crippen molar-refractivity contribution in [2.24, 2.45) is 0 Å². The molecule has 0 aliphatic carbocycles. The average Bonchev–Trinajstić information content (AvgIpc) is 2.74. The van der Waals surface area contributed by atoms with Crippen LogP contribution < -0.4 is 0 Å². The third-order valence-corrected chi connectivity index (χ3v) is 2.51. The van der Waals surface area contributed by atoms with Gasteiger partial charge in [0, 0.05) is 12.1 Å². The number of esters is 1. The fourth-order valence-corrected chi connectivity index (χ4v) is 1.66. The summed E-state index contributed by atoms with van der Waals surface area (Å²) < 4.78 is 4.64. The summed E-state index contributed by atoms with van der Waals surface area (Å²) in [5.74, 6) is -0.601. The summed E-state index contributed by atoms with van der Waals surface area (Å²) in [5.41, 5.74) is 0.311. The maximum atomic E-state index is 11.8. The van der Waals surface area contributed by atoms with Crippen LogP contribution in [0.4, 0.5) is 0 Å². The standard InChI is InChI=1S/C11H15NO3/c1-4-8(2)10(13)12-7-5-6-9(12)11(14)15-3/h4,9H,1-2,5-7H2,3H3. The van der Waals surface area contributed by atoms with Crippen LogP contribution in [0.25, 0.3) is 0 Å². The Morgan fingerprint density at radius 1 is 1.53 bits per heavy atom. The van der Waals surface area contributed by atoms with E-state index in [1.807, 2.05) is 0 Å². The van der Waals surface area contributed by atoms with Gasteiger partial charge >= 0.3 is 5.97 Å². The first kappa shape index (κ1) is 11.5. The number of hydrogen-bond acceptors (Lipinski definition) is 3. The van der Waals surface area contributed by atoms with Gasteiger partial charge in [-0.3, -0.25) is 4.79 Å². The van der Waals surface area contributed by atoms with E-state index in [9.17, 15) is 9.59 Å². The van der Waals surface area contributed by atoms with E-state index in [1.54, 1.807) is 0 Å². The molecule has 1 unspecified atom stereocenters. The van der Waals surface area contributed by atoms with E-state index in [0.717, 1.165) is 6.42 Å². The molecule has 1 saturated heterocycles. The number of hydrogen-bond donors (Lipinski definition) is 0. The fraction of sp³-hybridized carbons (Fsp3) is 0.455. The van der Waals surface area contributed by atoms with Crippen molar-refractivity contribution in [2.45, 2.75) is 18.9 Å². The molecule has 1 amide bonds. The molecule has 0 aromatic heterocycles. The number of methoxy groups -OCH3 is 1. The van der Waals surface area contributed by atoms with Crippen LogP contribution in [0.3, 0.4) is 0 Å².